The highest BCUT2D eigenvalue weighted by atomic mass is 35.5. The van der Waals surface area contributed by atoms with Crippen LogP contribution in [0, 0.1) is 6.92 Å². The van der Waals surface area contributed by atoms with Gasteiger partial charge in [0.15, 0.2) is 0 Å². The maximum Gasteiger partial charge on any atom is 0.238 e. The molecule has 0 spiro atoms. The van der Waals surface area contributed by atoms with Crippen molar-refractivity contribution in [3.63, 3.8) is 0 Å². The van der Waals surface area contributed by atoms with E-state index in [-0.39, 0.29) is 24.9 Å². The van der Waals surface area contributed by atoms with Crippen molar-refractivity contribution >= 4 is 24.0 Å². The predicted molar refractivity (Wildman–Crippen MR) is 67.3 cm³/mol. The van der Waals surface area contributed by atoms with Crippen LogP contribution in [0.4, 0.5) is 5.69 Å². The summed E-state index contributed by atoms with van der Waals surface area (Å²) in [5.74, 6) is 0.458. The predicted octanol–water partition coefficient (Wildman–Crippen LogP) is 1.71. The van der Waals surface area contributed by atoms with Crippen molar-refractivity contribution in [3.05, 3.63) is 23.8 Å². The fraction of sp³-hybridized carbons (Fsp3) is 0.364. The lowest BCUT2D eigenvalue weighted by Gasteiger charge is -2.11. The molecule has 3 N–H and O–H groups in total. The Morgan fingerprint density at radius 1 is 1.50 bits per heavy atom. The van der Waals surface area contributed by atoms with E-state index in [4.69, 9.17) is 10.5 Å². The second kappa shape index (κ2) is 7.09. The van der Waals surface area contributed by atoms with Gasteiger partial charge in [0, 0.05) is 0 Å². The molecule has 0 saturated carbocycles. The first kappa shape index (κ1) is 14.7. The third-order valence-electron chi connectivity index (χ3n) is 1.90. The number of carbonyl (C=O) groups excluding carboxylic acids is 1. The summed E-state index contributed by atoms with van der Waals surface area (Å²) in [4.78, 5) is 11.1. The molecular weight excluding hydrogens is 228 g/mol. The van der Waals surface area contributed by atoms with Crippen molar-refractivity contribution in [1.29, 1.82) is 0 Å². The standard InChI is InChI=1S/C11H16N2O2.ClH/c1-3-15-10-6-8(2)4-5-9(10)13-11(14)7-12;/h4-6H,3,7,12H2,1-2H3,(H,13,14);1H. The van der Waals surface area contributed by atoms with E-state index < -0.39 is 0 Å². The van der Waals surface area contributed by atoms with Crippen LogP contribution in [0.2, 0.25) is 0 Å². The lowest BCUT2D eigenvalue weighted by molar-refractivity contribution is -0.114. The van der Waals surface area contributed by atoms with Gasteiger partial charge in [0.05, 0.1) is 18.8 Å². The molecule has 0 aromatic heterocycles. The number of aryl methyl sites for hydroxylation is 1. The minimum absolute atomic E-state index is 0. The van der Waals surface area contributed by atoms with E-state index in [1.54, 1.807) is 0 Å². The molecule has 0 unspecified atom stereocenters. The Morgan fingerprint density at radius 3 is 2.75 bits per heavy atom. The van der Waals surface area contributed by atoms with Crippen LogP contribution in [0.25, 0.3) is 0 Å². The molecule has 1 aromatic carbocycles. The van der Waals surface area contributed by atoms with Crippen molar-refractivity contribution in [2.45, 2.75) is 13.8 Å². The number of hydrogen-bond donors (Lipinski definition) is 2. The highest BCUT2D eigenvalue weighted by Crippen LogP contribution is 2.25. The normalized spacial score (nSPS) is 9.19. The third kappa shape index (κ3) is 4.08. The highest BCUT2D eigenvalue weighted by molar-refractivity contribution is 5.93. The van der Waals surface area contributed by atoms with Crippen LogP contribution >= 0.6 is 12.4 Å². The van der Waals surface area contributed by atoms with Gasteiger partial charge in [-0.1, -0.05) is 6.07 Å². The van der Waals surface area contributed by atoms with Gasteiger partial charge in [0.25, 0.3) is 0 Å². The molecule has 4 nitrogen and oxygen atoms in total. The number of anilines is 1. The molecule has 1 aromatic rings. The number of halogens is 1. The summed E-state index contributed by atoms with van der Waals surface area (Å²) in [6.07, 6.45) is 0. The molecular formula is C11H17ClN2O2. The molecule has 0 heterocycles. The van der Waals surface area contributed by atoms with Gasteiger partial charge >= 0.3 is 0 Å². The zero-order valence-corrected chi connectivity index (χ0v) is 10.3. The summed E-state index contributed by atoms with van der Waals surface area (Å²) in [5.41, 5.74) is 6.97. The van der Waals surface area contributed by atoms with Crippen LogP contribution in [0.5, 0.6) is 5.75 Å². The Labute approximate surface area is 102 Å². The van der Waals surface area contributed by atoms with Gasteiger partial charge in [-0.25, -0.2) is 0 Å². The fourth-order valence-corrected chi connectivity index (χ4v) is 1.21. The average molecular weight is 245 g/mol. The van der Waals surface area contributed by atoms with Crippen molar-refractivity contribution in [1.82, 2.24) is 0 Å². The highest BCUT2D eigenvalue weighted by Gasteiger charge is 2.06. The van der Waals surface area contributed by atoms with E-state index >= 15 is 0 Å². The number of amides is 1. The van der Waals surface area contributed by atoms with Gasteiger partial charge in [0.2, 0.25) is 5.91 Å². The molecule has 1 rings (SSSR count). The van der Waals surface area contributed by atoms with Gasteiger partial charge in [-0.15, -0.1) is 12.4 Å². The zero-order chi connectivity index (χ0) is 11.3. The summed E-state index contributed by atoms with van der Waals surface area (Å²) >= 11 is 0. The van der Waals surface area contributed by atoms with Gasteiger partial charge in [-0.05, 0) is 31.5 Å². The van der Waals surface area contributed by atoms with Gasteiger partial charge in [0.1, 0.15) is 5.75 Å². The molecule has 0 bridgehead atoms. The number of hydrogen-bond acceptors (Lipinski definition) is 3. The minimum atomic E-state index is -0.222. The van der Waals surface area contributed by atoms with Crippen LogP contribution in [-0.2, 0) is 4.79 Å². The maximum absolute atomic E-state index is 11.1. The molecule has 5 heteroatoms. The lowest BCUT2D eigenvalue weighted by Crippen LogP contribution is -2.22. The van der Waals surface area contributed by atoms with E-state index in [0.717, 1.165) is 5.56 Å². The Morgan fingerprint density at radius 2 is 2.19 bits per heavy atom. The van der Waals surface area contributed by atoms with E-state index in [1.165, 1.54) is 0 Å². The van der Waals surface area contributed by atoms with Crippen LogP contribution in [0.3, 0.4) is 0 Å². The molecule has 0 atom stereocenters. The minimum Gasteiger partial charge on any atom is -0.492 e. The van der Waals surface area contributed by atoms with E-state index in [0.29, 0.717) is 18.0 Å². The van der Waals surface area contributed by atoms with Crippen molar-refractivity contribution in [2.75, 3.05) is 18.5 Å². The zero-order valence-electron chi connectivity index (χ0n) is 9.45. The number of ether oxygens (including phenoxy) is 1. The van der Waals surface area contributed by atoms with Crippen molar-refractivity contribution in [3.8, 4) is 5.75 Å². The summed E-state index contributed by atoms with van der Waals surface area (Å²) in [5, 5.41) is 2.68. The fourth-order valence-electron chi connectivity index (χ4n) is 1.21. The smallest absolute Gasteiger partial charge is 0.238 e. The Hall–Kier alpha value is -1.26. The molecule has 16 heavy (non-hydrogen) atoms. The Kier molecular flexibility index (Phi) is 6.53. The van der Waals surface area contributed by atoms with Crippen molar-refractivity contribution < 1.29 is 9.53 Å². The van der Waals surface area contributed by atoms with Crippen LogP contribution in [-0.4, -0.2) is 19.1 Å². The molecule has 0 aliphatic rings. The van der Waals surface area contributed by atoms with E-state index in [9.17, 15) is 4.79 Å². The van der Waals surface area contributed by atoms with Gasteiger partial charge < -0.3 is 15.8 Å². The number of benzene rings is 1. The molecule has 0 saturated heterocycles. The molecule has 0 aliphatic carbocycles. The second-order valence-corrected chi connectivity index (χ2v) is 3.18. The lowest BCUT2D eigenvalue weighted by atomic mass is 10.2. The first-order valence-corrected chi connectivity index (χ1v) is 4.90. The third-order valence-corrected chi connectivity index (χ3v) is 1.90. The largest absolute Gasteiger partial charge is 0.492 e. The topological polar surface area (TPSA) is 64.3 Å². The van der Waals surface area contributed by atoms with Crippen LogP contribution < -0.4 is 15.8 Å². The molecule has 0 aliphatic heterocycles. The molecule has 90 valence electrons. The number of nitrogens with two attached hydrogens (primary N) is 1. The first-order valence-electron chi connectivity index (χ1n) is 4.90. The quantitative estimate of drug-likeness (QED) is 0.848. The Balaban J connectivity index is 0.00000225. The summed E-state index contributed by atoms with van der Waals surface area (Å²) < 4.78 is 5.41. The van der Waals surface area contributed by atoms with Crippen molar-refractivity contribution in [2.24, 2.45) is 5.73 Å². The molecule has 1 amide bonds. The summed E-state index contributed by atoms with van der Waals surface area (Å²) in [7, 11) is 0. The average Bonchev–Trinajstić information content (AvgIpc) is 2.22. The van der Waals surface area contributed by atoms with Crippen LogP contribution in [0.15, 0.2) is 18.2 Å². The van der Waals surface area contributed by atoms with E-state index in [2.05, 4.69) is 5.32 Å². The SMILES string of the molecule is CCOc1cc(C)ccc1NC(=O)CN.Cl. The second-order valence-electron chi connectivity index (χ2n) is 3.18. The monoisotopic (exact) mass is 244 g/mol. The number of rotatable bonds is 4. The Bertz CT molecular complexity index is 356. The van der Waals surface area contributed by atoms with Gasteiger partial charge in [-0.3, -0.25) is 4.79 Å². The summed E-state index contributed by atoms with van der Waals surface area (Å²) in [6.45, 7) is 4.41. The van der Waals surface area contributed by atoms with E-state index in [1.807, 2.05) is 32.0 Å². The molecule has 0 fully saturated rings. The first-order chi connectivity index (χ1) is 7.17. The molecule has 0 radical (unpaired) electrons. The van der Waals surface area contributed by atoms with Gasteiger partial charge in [-0.2, -0.15) is 0 Å². The number of carbonyl (C=O) groups is 1. The maximum atomic E-state index is 11.1. The number of nitrogens with one attached hydrogen (secondary N) is 1. The summed E-state index contributed by atoms with van der Waals surface area (Å²) in [6, 6.07) is 5.61. The van der Waals surface area contributed by atoms with Crippen LogP contribution in [0.1, 0.15) is 12.5 Å².